The van der Waals surface area contributed by atoms with Gasteiger partial charge in [-0.15, -0.1) is 11.3 Å². The first kappa shape index (κ1) is 14.7. The Labute approximate surface area is 109 Å². The number of nitrogens with two attached hydrogens (primary N) is 1. The minimum Gasteiger partial charge on any atom is -0.371 e. The van der Waals surface area contributed by atoms with E-state index in [4.69, 9.17) is 10.5 Å². The largest absolute Gasteiger partial charge is 0.371 e. The summed E-state index contributed by atoms with van der Waals surface area (Å²) in [4.78, 5) is 1.29. The van der Waals surface area contributed by atoms with Gasteiger partial charge in [-0.05, 0) is 42.7 Å². The monoisotopic (exact) mass is 255 g/mol. The molecule has 2 atom stereocenters. The van der Waals surface area contributed by atoms with Gasteiger partial charge in [0, 0.05) is 17.5 Å². The highest BCUT2D eigenvalue weighted by atomic mass is 32.1. The Morgan fingerprint density at radius 1 is 1.41 bits per heavy atom. The molecule has 2 nitrogen and oxygen atoms in total. The van der Waals surface area contributed by atoms with Crippen LogP contribution in [0.5, 0.6) is 0 Å². The van der Waals surface area contributed by atoms with Gasteiger partial charge in [0.05, 0.1) is 0 Å². The maximum atomic E-state index is 6.18. The van der Waals surface area contributed by atoms with Gasteiger partial charge in [-0.2, -0.15) is 0 Å². The molecule has 2 N–H and O–H groups in total. The van der Waals surface area contributed by atoms with Crippen molar-refractivity contribution in [3.63, 3.8) is 0 Å². The van der Waals surface area contributed by atoms with Gasteiger partial charge in [0.1, 0.15) is 6.10 Å². The van der Waals surface area contributed by atoms with E-state index < -0.39 is 0 Å². The van der Waals surface area contributed by atoms with Crippen LogP contribution in [0.2, 0.25) is 0 Å². The van der Waals surface area contributed by atoms with Gasteiger partial charge in [0.2, 0.25) is 0 Å². The third-order valence-electron chi connectivity index (χ3n) is 3.01. The van der Waals surface area contributed by atoms with Crippen molar-refractivity contribution in [3.8, 4) is 0 Å². The Morgan fingerprint density at radius 3 is 2.59 bits per heavy atom. The zero-order chi connectivity index (χ0) is 12.8. The number of hydrogen-bond acceptors (Lipinski definition) is 3. The lowest BCUT2D eigenvalue weighted by Gasteiger charge is -2.23. The van der Waals surface area contributed by atoms with Gasteiger partial charge in [-0.3, -0.25) is 0 Å². The number of aryl methyl sites for hydroxylation is 1. The summed E-state index contributed by atoms with van der Waals surface area (Å²) in [5.74, 6) is 0.679. The Bertz CT molecular complexity index is 322. The highest BCUT2D eigenvalue weighted by Gasteiger charge is 2.22. The molecule has 1 aromatic rings. The van der Waals surface area contributed by atoms with E-state index in [0.29, 0.717) is 5.92 Å². The molecule has 0 saturated carbocycles. The molecule has 2 unspecified atom stereocenters. The van der Waals surface area contributed by atoms with Crippen molar-refractivity contribution in [1.29, 1.82) is 0 Å². The van der Waals surface area contributed by atoms with Crippen LogP contribution < -0.4 is 5.73 Å². The van der Waals surface area contributed by atoms with Gasteiger partial charge in [0.25, 0.3) is 0 Å². The van der Waals surface area contributed by atoms with Crippen molar-refractivity contribution >= 4 is 11.3 Å². The molecule has 0 spiro atoms. The molecule has 0 amide bonds. The van der Waals surface area contributed by atoms with Crippen LogP contribution in [0.25, 0.3) is 0 Å². The summed E-state index contributed by atoms with van der Waals surface area (Å²) in [5.41, 5.74) is 7.48. The maximum Gasteiger partial charge on any atom is 0.107 e. The van der Waals surface area contributed by atoms with E-state index in [-0.39, 0.29) is 12.1 Å². The second-order valence-corrected chi connectivity index (χ2v) is 5.96. The number of thiophene rings is 1. The standard InChI is InChI=1S/C14H25NOS/c1-5-12(15)13(16-8-6-10(2)3)14-11(4)7-9-17-14/h7,9-10,12-13H,5-6,8,15H2,1-4H3. The molecule has 1 heterocycles. The van der Waals surface area contributed by atoms with Gasteiger partial charge in [-0.1, -0.05) is 20.8 Å². The van der Waals surface area contributed by atoms with Crippen LogP contribution in [-0.2, 0) is 4.74 Å². The molecule has 1 rings (SSSR count). The van der Waals surface area contributed by atoms with E-state index in [1.165, 1.54) is 10.4 Å². The lowest BCUT2D eigenvalue weighted by atomic mass is 10.1. The first-order chi connectivity index (χ1) is 8.06. The summed E-state index contributed by atoms with van der Waals surface area (Å²) in [6.45, 7) is 9.48. The predicted molar refractivity (Wildman–Crippen MR) is 75.5 cm³/mol. The smallest absolute Gasteiger partial charge is 0.107 e. The minimum absolute atomic E-state index is 0.0683. The molecule has 3 heteroatoms. The number of ether oxygens (including phenoxy) is 1. The first-order valence-electron chi connectivity index (χ1n) is 6.47. The van der Waals surface area contributed by atoms with Crippen LogP contribution in [0, 0.1) is 12.8 Å². The van der Waals surface area contributed by atoms with E-state index in [0.717, 1.165) is 19.4 Å². The summed E-state index contributed by atoms with van der Waals surface area (Å²) in [7, 11) is 0. The molecule has 0 aliphatic heterocycles. The summed E-state index contributed by atoms with van der Waals surface area (Å²) in [6.07, 6.45) is 2.11. The van der Waals surface area contributed by atoms with Crippen molar-refractivity contribution in [2.45, 2.75) is 52.7 Å². The van der Waals surface area contributed by atoms with Gasteiger partial charge in [0.15, 0.2) is 0 Å². The average Bonchev–Trinajstić information content (AvgIpc) is 2.69. The fourth-order valence-corrected chi connectivity index (χ4v) is 2.76. The molecule has 0 radical (unpaired) electrons. The Kier molecular flexibility index (Phi) is 6.17. The first-order valence-corrected chi connectivity index (χ1v) is 7.35. The van der Waals surface area contributed by atoms with E-state index in [1.54, 1.807) is 11.3 Å². The third-order valence-corrected chi connectivity index (χ3v) is 4.09. The van der Waals surface area contributed by atoms with Crippen molar-refractivity contribution < 1.29 is 4.74 Å². The SMILES string of the molecule is CCC(N)C(OCCC(C)C)c1sccc1C. The van der Waals surface area contributed by atoms with E-state index in [2.05, 4.69) is 39.1 Å². The van der Waals surface area contributed by atoms with Crippen molar-refractivity contribution in [2.75, 3.05) is 6.61 Å². The van der Waals surface area contributed by atoms with Crippen LogP contribution in [0.4, 0.5) is 0 Å². The molecule has 0 bridgehead atoms. The normalized spacial score (nSPS) is 15.2. The van der Waals surface area contributed by atoms with Crippen LogP contribution >= 0.6 is 11.3 Å². The quantitative estimate of drug-likeness (QED) is 0.802. The highest BCUT2D eigenvalue weighted by Crippen LogP contribution is 2.30. The number of rotatable bonds is 7. The molecular weight excluding hydrogens is 230 g/mol. The van der Waals surface area contributed by atoms with Crippen LogP contribution in [0.3, 0.4) is 0 Å². The lowest BCUT2D eigenvalue weighted by Crippen LogP contribution is -2.29. The fourth-order valence-electron chi connectivity index (χ4n) is 1.71. The third kappa shape index (κ3) is 4.41. The summed E-state index contributed by atoms with van der Waals surface area (Å²) >= 11 is 1.76. The van der Waals surface area contributed by atoms with Crippen molar-refractivity contribution in [3.05, 3.63) is 21.9 Å². The molecule has 98 valence electrons. The molecule has 0 fully saturated rings. The van der Waals surface area contributed by atoms with E-state index in [9.17, 15) is 0 Å². The molecule has 1 aromatic heterocycles. The second kappa shape index (κ2) is 7.14. The summed E-state index contributed by atoms with van der Waals surface area (Å²) in [6, 6.07) is 2.24. The Morgan fingerprint density at radius 2 is 2.12 bits per heavy atom. The zero-order valence-electron chi connectivity index (χ0n) is 11.4. The fraction of sp³-hybridized carbons (Fsp3) is 0.714. The predicted octanol–water partition coefficient (Wildman–Crippen LogP) is 3.90. The molecule has 0 saturated heterocycles. The topological polar surface area (TPSA) is 35.2 Å². The molecule has 17 heavy (non-hydrogen) atoms. The van der Waals surface area contributed by atoms with Gasteiger partial charge >= 0.3 is 0 Å². The van der Waals surface area contributed by atoms with Gasteiger partial charge < -0.3 is 10.5 Å². The number of hydrogen-bond donors (Lipinski definition) is 1. The zero-order valence-corrected chi connectivity index (χ0v) is 12.2. The summed E-state index contributed by atoms with van der Waals surface area (Å²) < 4.78 is 6.02. The van der Waals surface area contributed by atoms with E-state index in [1.807, 2.05) is 0 Å². The molecule has 0 aromatic carbocycles. The second-order valence-electron chi connectivity index (χ2n) is 5.01. The Hall–Kier alpha value is -0.380. The summed E-state index contributed by atoms with van der Waals surface area (Å²) in [5, 5.41) is 2.12. The highest BCUT2D eigenvalue weighted by molar-refractivity contribution is 7.10. The average molecular weight is 255 g/mol. The Balaban J connectivity index is 2.65. The molecule has 0 aliphatic carbocycles. The van der Waals surface area contributed by atoms with Crippen molar-refractivity contribution in [1.82, 2.24) is 0 Å². The van der Waals surface area contributed by atoms with Crippen LogP contribution in [-0.4, -0.2) is 12.6 Å². The minimum atomic E-state index is 0.0683. The van der Waals surface area contributed by atoms with Crippen LogP contribution in [0.1, 0.15) is 50.2 Å². The van der Waals surface area contributed by atoms with Gasteiger partial charge in [-0.25, -0.2) is 0 Å². The maximum absolute atomic E-state index is 6.18. The van der Waals surface area contributed by atoms with Crippen LogP contribution in [0.15, 0.2) is 11.4 Å². The van der Waals surface area contributed by atoms with Crippen molar-refractivity contribution in [2.24, 2.45) is 11.7 Å². The van der Waals surface area contributed by atoms with E-state index >= 15 is 0 Å². The lowest BCUT2D eigenvalue weighted by molar-refractivity contribution is 0.0295. The molecule has 0 aliphatic rings. The molecular formula is C14H25NOS.